The first-order valence-electron chi connectivity index (χ1n) is 7.98. The van der Waals surface area contributed by atoms with Gasteiger partial charge >= 0.3 is 5.97 Å². The van der Waals surface area contributed by atoms with Gasteiger partial charge in [0.2, 0.25) is 4.75 Å². The van der Waals surface area contributed by atoms with Crippen molar-refractivity contribution in [1.82, 2.24) is 5.32 Å². The van der Waals surface area contributed by atoms with Gasteiger partial charge < -0.3 is 14.8 Å². The topological polar surface area (TPSA) is 77.0 Å². The van der Waals surface area contributed by atoms with Crippen molar-refractivity contribution in [2.75, 3.05) is 13.2 Å². The fraction of sp³-hybridized carbons (Fsp3) is 0.471. The molecule has 1 amide bonds. The molecule has 6 nitrogen and oxygen atoms in total. The average Bonchev–Trinajstić information content (AvgIpc) is 3.03. The normalized spacial score (nSPS) is 27.8. The molecule has 0 bridgehead atoms. The monoisotopic (exact) mass is 348 g/mol. The van der Waals surface area contributed by atoms with E-state index in [1.807, 2.05) is 38.1 Å². The number of ether oxygens (including phenoxy) is 2. The molecule has 2 saturated heterocycles. The van der Waals surface area contributed by atoms with Crippen LogP contribution >= 0.6 is 11.8 Å². The molecular formula is C17H20N2O4S. The lowest BCUT2D eigenvalue weighted by molar-refractivity contribution is -0.146. The summed E-state index contributed by atoms with van der Waals surface area (Å²) in [5.74, 6) is -0.870. The van der Waals surface area contributed by atoms with Crippen LogP contribution in [-0.2, 0) is 19.1 Å². The Balaban J connectivity index is 1.72. The lowest BCUT2D eigenvalue weighted by Crippen LogP contribution is -2.40. The zero-order chi connectivity index (χ0) is 17.2. The molecule has 24 heavy (non-hydrogen) atoms. The van der Waals surface area contributed by atoms with Gasteiger partial charge in [0.05, 0.1) is 12.3 Å². The molecule has 1 aromatic rings. The fourth-order valence-electron chi connectivity index (χ4n) is 2.64. The largest absolute Gasteiger partial charge is 0.458 e. The van der Waals surface area contributed by atoms with Crippen molar-refractivity contribution in [2.24, 2.45) is 4.99 Å². The maximum Gasteiger partial charge on any atom is 0.332 e. The molecule has 2 aliphatic heterocycles. The molecule has 0 unspecified atom stereocenters. The first-order chi connectivity index (χ1) is 11.5. The molecule has 2 heterocycles. The van der Waals surface area contributed by atoms with Crippen LogP contribution in [0.1, 0.15) is 25.3 Å². The Morgan fingerprint density at radius 3 is 2.83 bits per heavy atom. The SMILES string of the molecule is CCCOC[C@H]1C[C@@]2(SC(=Nc3ccc(C)cc3)NC2=O)C(=O)O1. The first-order valence-corrected chi connectivity index (χ1v) is 8.80. The molecule has 0 radical (unpaired) electrons. The van der Waals surface area contributed by atoms with Crippen molar-refractivity contribution < 1.29 is 19.1 Å². The first kappa shape index (κ1) is 17.0. The van der Waals surface area contributed by atoms with Crippen molar-refractivity contribution in [2.45, 2.75) is 37.5 Å². The average molecular weight is 348 g/mol. The van der Waals surface area contributed by atoms with Crippen molar-refractivity contribution in [1.29, 1.82) is 0 Å². The van der Waals surface area contributed by atoms with Crippen LogP contribution < -0.4 is 5.32 Å². The molecule has 0 aliphatic carbocycles. The number of hydrogen-bond donors (Lipinski definition) is 1. The smallest absolute Gasteiger partial charge is 0.332 e. The number of nitrogens with zero attached hydrogens (tertiary/aromatic N) is 1. The third kappa shape index (κ3) is 3.32. The van der Waals surface area contributed by atoms with Crippen molar-refractivity contribution >= 4 is 34.5 Å². The van der Waals surface area contributed by atoms with Gasteiger partial charge in [0, 0.05) is 13.0 Å². The molecule has 1 N–H and O–H groups in total. The summed E-state index contributed by atoms with van der Waals surface area (Å²) in [7, 11) is 0. The van der Waals surface area contributed by atoms with Gasteiger partial charge in [0.25, 0.3) is 5.91 Å². The number of carbonyl (C=O) groups is 2. The van der Waals surface area contributed by atoms with E-state index in [9.17, 15) is 9.59 Å². The van der Waals surface area contributed by atoms with Crippen LogP contribution in [0.5, 0.6) is 0 Å². The van der Waals surface area contributed by atoms with E-state index in [0.29, 0.717) is 24.8 Å². The summed E-state index contributed by atoms with van der Waals surface area (Å²) in [6, 6.07) is 7.63. The lowest BCUT2D eigenvalue weighted by atomic mass is 10.0. The number of esters is 1. The van der Waals surface area contributed by atoms with E-state index < -0.39 is 10.7 Å². The number of cyclic esters (lactones) is 1. The highest BCUT2D eigenvalue weighted by molar-refractivity contribution is 8.17. The Bertz CT molecular complexity index is 674. The minimum Gasteiger partial charge on any atom is -0.458 e. The van der Waals surface area contributed by atoms with E-state index in [4.69, 9.17) is 9.47 Å². The van der Waals surface area contributed by atoms with Gasteiger partial charge in [-0.05, 0) is 25.5 Å². The summed E-state index contributed by atoms with van der Waals surface area (Å²) >= 11 is 1.14. The Morgan fingerprint density at radius 2 is 2.12 bits per heavy atom. The summed E-state index contributed by atoms with van der Waals surface area (Å²) in [6.07, 6.45) is 0.814. The van der Waals surface area contributed by atoms with Gasteiger partial charge in [0.1, 0.15) is 6.10 Å². The highest BCUT2D eigenvalue weighted by Gasteiger charge is 2.60. The molecule has 0 aromatic heterocycles. The van der Waals surface area contributed by atoms with Crippen LogP contribution in [0.15, 0.2) is 29.3 Å². The molecule has 2 fully saturated rings. The number of amides is 1. The molecule has 3 rings (SSSR count). The number of aliphatic imine (C=N–C) groups is 1. The maximum atomic E-state index is 12.4. The molecule has 1 spiro atoms. The Kier molecular flexibility index (Phi) is 4.91. The van der Waals surface area contributed by atoms with Crippen molar-refractivity contribution in [3.05, 3.63) is 29.8 Å². The second kappa shape index (κ2) is 6.94. The van der Waals surface area contributed by atoms with Crippen LogP contribution in [0.2, 0.25) is 0 Å². The number of nitrogens with one attached hydrogen (secondary N) is 1. The highest BCUT2D eigenvalue weighted by atomic mass is 32.2. The van der Waals surface area contributed by atoms with Gasteiger partial charge in [-0.25, -0.2) is 9.79 Å². The van der Waals surface area contributed by atoms with Gasteiger partial charge in [0.15, 0.2) is 5.17 Å². The second-order valence-electron chi connectivity index (χ2n) is 5.94. The summed E-state index contributed by atoms with van der Waals surface area (Å²) in [4.78, 5) is 29.1. The van der Waals surface area contributed by atoms with Crippen LogP contribution in [0, 0.1) is 6.92 Å². The molecule has 0 saturated carbocycles. The predicted molar refractivity (Wildman–Crippen MR) is 92.3 cm³/mol. The molecule has 2 atom stereocenters. The minimum atomic E-state index is -1.23. The quantitative estimate of drug-likeness (QED) is 0.502. The zero-order valence-electron chi connectivity index (χ0n) is 13.7. The Hall–Kier alpha value is -1.86. The van der Waals surface area contributed by atoms with E-state index in [1.165, 1.54) is 0 Å². The van der Waals surface area contributed by atoms with E-state index in [2.05, 4.69) is 10.3 Å². The number of rotatable bonds is 5. The Morgan fingerprint density at radius 1 is 1.38 bits per heavy atom. The third-order valence-electron chi connectivity index (χ3n) is 3.89. The predicted octanol–water partition coefficient (Wildman–Crippen LogP) is 2.33. The van der Waals surface area contributed by atoms with Gasteiger partial charge in [-0.3, -0.25) is 4.79 Å². The van der Waals surface area contributed by atoms with Gasteiger partial charge in [-0.15, -0.1) is 0 Å². The van der Waals surface area contributed by atoms with E-state index in [-0.39, 0.29) is 12.0 Å². The van der Waals surface area contributed by atoms with Crippen LogP contribution in [-0.4, -0.2) is 41.1 Å². The van der Waals surface area contributed by atoms with Crippen LogP contribution in [0.3, 0.4) is 0 Å². The van der Waals surface area contributed by atoms with Gasteiger partial charge in [-0.2, -0.15) is 0 Å². The standard InChI is InChI=1S/C17H20N2O4S/c1-3-8-22-10-13-9-17(15(21)23-13)14(20)19-16(24-17)18-12-6-4-11(2)5-7-12/h4-7,13H,3,8-10H2,1-2H3,(H,18,19,20)/t13-,17+/m1/s1. The van der Waals surface area contributed by atoms with Crippen molar-refractivity contribution in [3.8, 4) is 0 Å². The number of thioether (sulfide) groups is 1. The highest BCUT2D eigenvalue weighted by Crippen LogP contribution is 2.43. The zero-order valence-corrected chi connectivity index (χ0v) is 14.5. The number of hydrogen-bond acceptors (Lipinski definition) is 6. The molecule has 1 aromatic carbocycles. The molecule has 128 valence electrons. The van der Waals surface area contributed by atoms with E-state index in [1.54, 1.807) is 0 Å². The summed E-state index contributed by atoms with van der Waals surface area (Å²) < 4.78 is 9.54. The van der Waals surface area contributed by atoms with Gasteiger partial charge in [-0.1, -0.05) is 36.4 Å². The maximum absolute atomic E-state index is 12.4. The molecule has 7 heteroatoms. The number of benzene rings is 1. The Labute approximate surface area is 145 Å². The number of carbonyl (C=O) groups excluding carboxylic acids is 2. The van der Waals surface area contributed by atoms with E-state index >= 15 is 0 Å². The molecular weight excluding hydrogens is 328 g/mol. The molecule has 2 aliphatic rings. The van der Waals surface area contributed by atoms with Crippen LogP contribution in [0.25, 0.3) is 0 Å². The number of aryl methyl sites for hydroxylation is 1. The fourth-order valence-corrected chi connectivity index (χ4v) is 3.80. The summed E-state index contributed by atoms with van der Waals surface area (Å²) in [6.45, 7) is 4.93. The van der Waals surface area contributed by atoms with Crippen molar-refractivity contribution in [3.63, 3.8) is 0 Å². The number of amidine groups is 1. The van der Waals surface area contributed by atoms with Crippen LogP contribution in [0.4, 0.5) is 5.69 Å². The van der Waals surface area contributed by atoms with E-state index in [0.717, 1.165) is 29.4 Å². The second-order valence-corrected chi connectivity index (χ2v) is 7.23. The summed E-state index contributed by atoms with van der Waals surface area (Å²) in [5.41, 5.74) is 1.86. The lowest BCUT2D eigenvalue weighted by Gasteiger charge is -2.11. The minimum absolute atomic E-state index is 0.305. The summed E-state index contributed by atoms with van der Waals surface area (Å²) in [5, 5.41) is 3.13. The third-order valence-corrected chi connectivity index (χ3v) is 5.15.